The summed E-state index contributed by atoms with van der Waals surface area (Å²) in [5.41, 5.74) is 0. The van der Waals surface area contributed by atoms with Crippen LogP contribution < -0.4 is 10.6 Å². The minimum absolute atomic E-state index is 0.262. The Morgan fingerprint density at radius 2 is 1.29 bits per heavy atom. The van der Waals surface area contributed by atoms with Crippen molar-refractivity contribution in [3.05, 3.63) is 0 Å². The van der Waals surface area contributed by atoms with E-state index in [1.54, 1.807) is 0 Å². The van der Waals surface area contributed by atoms with Crippen LogP contribution in [-0.2, 0) is 14.3 Å². The number of carbonyl (C=O) groups excluding carboxylic acids is 1. The highest BCUT2D eigenvalue weighted by Crippen LogP contribution is 2.23. The average molecular weight is 732 g/mol. The Labute approximate surface area is 309 Å². The van der Waals surface area contributed by atoms with Crippen LogP contribution in [0.1, 0.15) is 148 Å². The van der Waals surface area contributed by atoms with Gasteiger partial charge in [-0.3, -0.25) is 4.79 Å². The second-order valence-electron chi connectivity index (χ2n) is 15.1. The molecule has 0 aromatic rings. The number of unbranched alkanes of at least 4 members (excludes halogenated alkanes) is 18. The number of hydrogen-bond donors (Lipinski definition) is 8. The topological polar surface area (TPSA) is 184 Å². The summed E-state index contributed by atoms with van der Waals surface area (Å²) in [5, 5.41) is 68.3. The Morgan fingerprint density at radius 1 is 0.765 bits per heavy atom. The number of hydrogen-bond acceptors (Lipinski definition) is 11. The third kappa shape index (κ3) is 20.4. The molecule has 0 aromatic carbocycles. The number of ether oxygens (including phenoxy) is 2. The summed E-state index contributed by atoms with van der Waals surface area (Å²) in [7, 11) is 0. The van der Waals surface area contributed by atoms with E-state index < -0.39 is 55.6 Å². The fourth-order valence-corrected chi connectivity index (χ4v) is 7.16. The molecule has 302 valence electrons. The number of aliphatic hydroxyl groups excluding tert-OH is 6. The molecule has 2 aliphatic rings. The van der Waals surface area contributed by atoms with Crippen LogP contribution in [0.4, 0.5) is 0 Å². The van der Waals surface area contributed by atoms with Gasteiger partial charge in [0.15, 0.2) is 6.29 Å². The highest BCUT2D eigenvalue weighted by molar-refractivity contribution is 5.76. The smallest absolute Gasteiger partial charge is 0.220 e. The normalized spacial score (nSPS) is 24.7. The maximum Gasteiger partial charge on any atom is 0.220 e. The van der Waals surface area contributed by atoms with E-state index in [0.29, 0.717) is 12.8 Å². The van der Waals surface area contributed by atoms with Crippen molar-refractivity contribution in [2.45, 2.75) is 197 Å². The largest absolute Gasteiger partial charge is 0.394 e. The molecule has 1 amide bonds. The second-order valence-corrected chi connectivity index (χ2v) is 15.1. The summed E-state index contributed by atoms with van der Waals surface area (Å²) in [6, 6.07) is -0.988. The molecule has 0 saturated carbocycles. The molecule has 5 unspecified atom stereocenters. The van der Waals surface area contributed by atoms with Gasteiger partial charge in [-0.15, -0.1) is 0 Å². The molecule has 8 N–H and O–H groups in total. The maximum atomic E-state index is 12.9. The van der Waals surface area contributed by atoms with Gasteiger partial charge in [0.25, 0.3) is 0 Å². The number of nitrogens with one attached hydrogen (secondary N) is 2. The van der Waals surface area contributed by atoms with Crippen LogP contribution in [0.2, 0.25) is 0 Å². The summed E-state index contributed by atoms with van der Waals surface area (Å²) in [4.78, 5) is 15.5. The van der Waals surface area contributed by atoms with Crippen LogP contribution in [0.3, 0.4) is 0 Å². The van der Waals surface area contributed by atoms with Gasteiger partial charge in [0.1, 0.15) is 30.5 Å². The van der Waals surface area contributed by atoms with Gasteiger partial charge in [-0.25, -0.2) is 0 Å². The fraction of sp³-hybridized carbons (Fsp3) is 0.974. The number of piperazine rings is 1. The Morgan fingerprint density at radius 3 is 1.86 bits per heavy atom. The van der Waals surface area contributed by atoms with Crippen LogP contribution in [0.5, 0.6) is 0 Å². The van der Waals surface area contributed by atoms with E-state index >= 15 is 0 Å². The predicted octanol–water partition coefficient (Wildman–Crippen LogP) is 3.52. The van der Waals surface area contributed by atoms with E-state index in [1.165, 1.54) is 83.6 Å². The first-order valence-electron chi connectivity index (χ1n) is 20.8. The highest BCUT2D eigenvalue weighted by atomic mass is 16.7. The SMILES string of the molecule is CCCCCCCCCCCCCC[C@@H](O)[C@@H](O)[C@H](COC1OC(CO)C(O)C(O)C1O)NC(=O)CCCCCCCCCCN1CCNCC1. The van der Waals surface area contributed by atoms with E-state index in [9.17, 15) is 35.4 Å². The fourth-order valence-electron chi connectivity index (χ4n) is 7.16. The molecule has 0 spiro atoms. The average Bonchev–Trinajstić information content (AvgIpc) is 3.14. The number of nitrogens with zero attached hydrogens (tertiary/aromatic N) is 1. The molecule has 0 aliphatic carbocycles. The van der Waals surface area contributed by atoms with Crippen molar-refractivity contribution < 1.29 is 44.9 Å². The Kier molecular flexibility index (Phi) is 26.7. The quantitative estimate of drug-likeness (QED) is 0.0489. The molecule has 2 heterocycles. The first kappa shape index (κ1) is 46.2. The zero-order valence-electron chi connectivity index (χ0n) is 32.0. The van der Waals surface area contributed by atoms with Crippen molar-refractivity contribution in [2.24, 2.45) is 0 Å². The molecule has 12 nitrogen and oxygen atoms in total. The number of aliphatic hydroxyl groups is 6. The third-order valence-corrected chi connectivity index (χ3v) is 10.6. The van der Waals surface area contributed by atoms with E-state index in [1.807, 2.05) is 0 Å². The van der Waals surface area contributed by atoms with Crippen LogP contribution >= 0.6 is 0 Å². The van der Waals surface area contributed by atoms with E-state index in [2.05, 4.69) is 22.5 Å². The lowest BCUT2D eigenvalue weighted by molar-refractivity contribution is -0.303. The lowest BCUT2D eigenvalue weighted by atomic mass is 9.98. The summed E-state index contributed by atoms with van der Waals surface area (Å²) in [6.45, 7) is 7.02. The van der Waals surface area contributed by atoms with Crippen LogP contribution in [0, 0.1) is 0 Å². The summed E-state index contributed by atoms with van der Waals surface area (Å²) >= 11 is 0. The Hall–Kier alpha value is -0.930. The molecule has 0 aromatic heterocycles. The zero-order chi connectivity index (χ0) is 37.1. The summed E-state index contributed by atoms with van der Waals surface area (Å²) < 4.78 is 11.1. The van der Waals surface area contributed by atoms with E-state index in [-0.39, 0.29) is 18.9 Å². The first-order valence-corrected chi connectivity index (χ1v) is 20.8. The van der Waals surface area contributed by atoms with Crippen LogP contribution in [0.15, 0.2) is 0 Å². The van der Waals surface area contributed by atoms with E-state index in [0.717, 1.165) is 71.1 Å². The van der Waals surface area contributed by atoms with Gasteiger partial charge >= 0.3 is 0 Å². The minimum Gasteiger partial charge on any atom is -0.394 e. The standard InChI is InChI=1S/C39H77N3O9/c1-2-3-4-5-6-7-8-9-10-13-16-19-22-32(44)35(46)31(30-50-39-38(49)37(48)36(47)33(29-43)51-39)41-34(45)23-20-17-14-11-12-15-18-21-26-42-27-24-40-25-28-42/h31-33,35-40,43-44,46-49H,2-30H2,1H3,(H,41,45)/t31-,32+,33?,35-,36?,37?,38?,39?/m0/s1. The number of rotatable bonds is 31. The van der Waals surface area contributed by atoms with Gasteiger partial charge in [0, 0.05) is 32.6 Å². The summed E-state index contributed by atoms with van der Waals surface area (Å²) in [6.07, 6.45) is 14.1. The molecular weight excluding hydrogens is 654 g/mol. The Bertz CT molecular complexity index is 836. The van der Waals surface area contributed by atoms with Crippen molar-refractivity contribution in [1.82, 2.24) is 15.5 Å². The molecule has 12 heteroatoms. The lowest BCUT2D eigenvalue weighted by Crippen LogP contribution is -2.60. The second kappa shape index (κ2) is 29.4. The molecule has 2 fully saturated rings. The molecular formula is C39H77N3O9. The molecule has 51 heavy (non-hydrogen) atoms. The molecule has 0 bridgehead atoms. The van der Waals surface area contributed by atoms with Gasteiger partial charge in [-0.1, -0.05) is 122 Å². The van der Waals surface area contributed by atoms with Crippen molar-refractivity contribution in [3.8, 4) is 0 Å². The van der Waals surface area contributed by atoms with Gasteiger partial charge < -0.3 is 55.6 Å². The number of amides is 1. The molecule has 8 atom stereocenters. The summed E-state index contributed by atoms with van der Waals surface area (Å²) in [5.74, 6) is -0.262. The molecule has 2 rings (SSSR count). The molecule has 2 saturated heterocycles. The van der Waals surface area contributed by atoms with Crippen LogP contribution in [0.25, 0.3) is 0 Å². The Balaban J connectivity index is 1.70. The highest BCUT2D eigenvalue weighted by Gasteiger charge is 2.44. The third-order valence-electron chi connectivity index (χ3n) is 10.6. The van der Waals surface area contributed by atoms with Crippen molar-refractivity contribution in [2.75, 3.05) is 45.9 Å². The van der Waals surface area contributed by atoms with Crippen molar-refractivity contribution >= 4 is 5.91 Å². The number of carbonyl (C=O) groups is 1. The predicted molar refractivity (Wildman–Crippen MR) is 200 cm³/mol. The van der Waals surface area contributed by atoms with Gasteiger partial charge in [0.05, 0.1) is 25.4 Å². The molecule has 2 aliphatic heterocycles. The zero-order valence-corrected chi connectivity index (χ0v) is 32.0. The molecule has 0 radical (unpaired) electrons. The first-order chi connectivity index (χ1) is 24.8. The maximum absolute atomic E-state index is 12.9. The monoisotopic (exact) mass is 732 g/mol. The van der Waals surface area contributed by atoms with Crippen molar-refractivity contribution in [3.63, 3.8) is 0 Å². The van der Waals surface area contributed by atoms with Gasteiger partial charge in [-0.05, 0) is 25.8 Å². The van der Waals surface area contributed by atoms with Crippen molar-refractivity contribution in [1.29, 1.82) is 0 Å². The minimum atomic E-state index is -1.60. The van der Waals surface area contributed by atoms with Gasteiger partial charge in [0.2, 0.25) is 5.91 Å². The van der Waals surface area contributed by atoms with Crippen LogP contribution in [-0.4, -0.2) is 136 Å². The lowest BCUT2D eigenvalue weighted by Gasteiger charge is -2.40. The van der Waals surface area contributed by atoms with Gasteiger partial charge in [-0.2, -0.15) is 0 Å². The van der Waals surface area contributed by atoms with E-state index in [4.69, 9.17) is 9.47 Å².